The van der Waals surface area contributed by atoms with E-state index in [-0.39, 0.29) is 10.9 Å². The normalized spacial score (nSPS) is 14.9. The molecule has 0 bridgehead atoms. The molecule has 0 atom stereocenters. The van der Waals surface area contributed by atoms with E-state index in [4.69, 9.17) is 4.42 Å². The van der Waals surface area contributed by atoms with Crippen molar-refractivity contribution in [1.82, 2.24) is 14.5 Å². The zero-order valence-electron chi connectivity index (χ0n) is 12.7. The van der Waals surface area contributed by atoms with Gasteiger partial charge >= 0.3 is 6.01 Å². The van der Waals surface area contributed by atoms with Crippen LogP contribution >= 0.6 is 0 Å². The van der Waals surface area contributed by atoms with Gasteiger partial charge in [-0.3, -0.25) is 10.1 Å². The fraction of sp³-hybridized carbons (Fsp3) is 0.357. The highest BCUT2D eigenvalue weighted by Gasteiger charge is 2.29. The van der Waals surface area contributed by atoms with E-state index in [9.17, 15) is 13.2 Å². The molecule has 9 heteroatoms. The van der Waals surface area contributed by atoms with Crippen molar-refractivity contribution >= 4 is 21.9 Å². The van der Waals surface area contributed by atoms with Crippen LogP contribution in [0.25, 0.3) is 0 Å². The smallest absolute Gasteiger partial charge is 0.322 e. The van der Waals surface area contributed by atoms with Crippen LogP contribution in [-0.2, 0) is 10.0 Å². The monoisotopic (exact) mass is 336 g/mol. The number of amides is 1. The number of nitrogens with zero attached hydrogens (tertiary/aromatic N) is 3. The van der Waals surface area contributed by atoms with E-state index >= 15 is 0 Å². The molecule has 1 aromatic carbocycles. The standard InChI is InChI=1S/C14H16N4O4S/c1-18(2)23(20,21)11-7-5-9(6-8-11)12(19)15-14-17-16-13(22-14)10-3-4-10/h5-8,10H,3-4H2,1-2H3,(H,15,17,19). The van der Waals surface area contributed by atoms with Crippen molar-refractivity contribution in [2.24, 2.45) is 0 Å². The summed E-state index contributed by atoms with van der Waals surface area (Å²) in [7, 11) is -0.622. The maximum atomic E-state index is 12.1. The number of aromatic nitrogens is 2. The van der Waals surface area contributed by atoms with Crippen molar-refractivity contribution in [2.45, 2.75) is 23.7 Å². The van der Waals surface area contributed by atoms with Crippen molar-refractivity contribution in [3.63, 3.8) is 0 Å². The van der Waals surface area contributed by atoms with E-state index in [0.29, 0.717) is 17.4 Å². The Morgan fingerprint density at radius 1 is 1.22 bits per heavy atom. The summed E-state index contributed by atoms with van der Waals surface area (Å²) in [4.78, 5) is 12.2. The average molecular weight is 336 g/mol. The summed E-state index contributed by atoms with van der Waals surface area (Å²) in [6.45, 7) is 0. The highest BCUT2D eigenvalue weighted by molar-refractivity contribution is 7.89. The quantitative estimate of drug-likeness (QED) is 0.886. The lowest BCUT2D eigenvalue weighted by Gasteiger charge is -2.11. The van der Waals surface area contributed by atoms with Gasteiger partial charge in [-0.1, -0.05) is 5.10 Å². The van der Waals surface area contributed by atoms with Gasteiger partial charge in [0.1, 0.15) is 0 Å². The molecule has 1 aliphatic rings. The molecular weight excluding hydrogens is 320 g/mol. The van der Waals surface area contributed by atoms with E-state index < -0.39 is 15.9 Å². The van der Waals surface area contributed by atoms with Crippen LogP contribution in [-0.4, -0.2) is 42.9 Å². The molecule has 1 aromatic heterocycles. The summed E-state index contributed by atoms with van der Waals surface area (Å²) in [6, 6.07) is 5.68. The highest BCUT2D eigenvalue weighted by atomic mass is 32.2. The van der Waals surface area contributed by atoms with Gasteiger partial charge in [-0.2, -0.15) is 0 Å². The average Bonchev–Trinajstić information content (AvgIpc) is 3.27. The molecule has 122 valence electrons. The second kappa shape index (κ2) is 5.74. The van der Waals surface area contributed by atoms with E-state index in [0.717, 1.165) is 17.1 Å². The predicted octanol–water partition coefficient (Wildman–Crippen LogP) is 1.45. The van der Waals surface area contributed by atoms with E-state index in [1.165, 1.54) is 38.4 Å². The van der Waals surface area contributed by atoms with Crippen LogP contribution in [0.15, 0.2) is 33.6 Å². The highest BCUT2D eigenvalue weighted by Crippen LogP contribution is 2.39. The maximum Gasteiger partial charge on any atom is 0.322 e. The fourth-order valence-electron chi connectivity index (χ4n) is 1.94. The number of hydrogen-bond donors (Lipinski definition) is 1. The minimum absolute atomic E-state index is 0.0434. The molecule has 1 fully saturated rings. The summed E-state index contributed by atoms with van der Waals surface area (Å²) >= 11 is 0. The van der Waals surface area contributed by atoms with Gasteiger partial charge < -0.3 is 4.42 Å². The molecule has 1 heterocycles. The molecule has 8 nitrogen and oxygen atoms in total. The van der Waals surface area contributed by atoms with Crippen LogP contribution in [0.1, 0.15) is 35.0 Å². The summed E-state index contributed by atoms with van der Waals surface area (Å²) in [5.74, 6) is 0.404. The van der Waals surface area contributed by atoms with Crippen LogP contribution in [0.4, 0.5) is 6.01 Å². The second-order valence-corrected chi connectivity index (χ2v) is 7.64. The summed E-state index contributed by atoms with van der Waals surface area (Å²) < 4.78 is 30.4. The summed E-state index contributed by atoms with van der Waals surface area (Å²) in [5, 5.41) is 10.1. The van der Waals surface area contributed by atoms with E-state index in [1.807, 2.05) is 0 Å². The Labute approximate surface area is 133 Å². The summed E-state index contributed by atoms with van der Waals surface area (Å²) in [6.07, 6.45) is 2.05. The number of sulfonamides is 1. The Balaban J connectivity index is 1.72. The van der Waals surface area contributed by atoms with E-state index in [1.54, 1.807) is 0 Å². The molecule has 0 radical (unpaired) electrons. The zero-order valence-corrected chi connectivity index (χ0v) is 13.5. The van der Waals surface area contributed by atoms with Gasteiger partial charge in [-0.25, -0.2) is 12.7 Å². The van der Waals surface area contributed by atoms with Crippen LogP contribution in [0, 0.1) is 0 Å². The van der Waals surface area contributed by atoms with Gasteiger partial charge in [0, 0.05) is 25.6 Å². The Bertz CT molecular complexity index is 823. The molecular formula is C14H16N4O4S. The molecule has 1 saturated carbocycles. The first-order chi connectivity index (χ1) is 10.9. The molecule has 23 heavy (non-hydrogen) atoms. The fourth-order valence-corrected chi connectivity index (χ4v) is 2.84. The number of carbonyl (C=O) groups excluding carboxylic acids is 1. The van der Waals surface area contributed by atoms with E-state index in [2.05, 4.69) is 15.5 Å². The second-order valence-electron chi connectivity index (χ2n) is 5.49. The predicted molar refractivity (Wildman–Crippen MR) is 81.5 cm³/mol. The van der Waals surface area contributed by atoms with Gasteiger partial charge in [0.05, 0.1) is 4.90 Å². The number of rotatable bonds is 5. The van der Waals surface area contributed by atoms with Gasteiger partial charge in [0.15, 0.2) is 0 Å². The lowest BCUT2D eigenvalue weighted by molar-refractivity contribution is 0.102. The molecule has 0 aliphatic heterocycles. The Hall–Kier alpha value is -2.26. The summed E-state index contributed by atoms with van der Waals surface area (Å²) in [5.41, 5.74) is 0.300. The Morgan fingerprint density at radius 3 is 2.43 bits per heavy atom. The number of benzene rings is 1. The SMILES string of the molecule is CN(C)S(=O)(=O)c1ccc(C(=O)Nc2nnc(C3CC3)o2)cc1. The molecule has 3 rings (SSSR count). The van der Waals surface area contributed by atoms with Crippen molar-refractivity contribution in [3.05, 3.63) is 35.7 Å². The number of nitrogens with one attached hydrogen (secondary N) is 1. The zero-order chi connectivity index (χ0) is 16.6. The number of anilines is 1. The molecule has 1 amide bonds. The van der Waals surface area contributed by atoms with Crippen molar-refractivity contribution in [3.8, 4) is 0 Å². The Morgan fingerprint density at radius 2 is 1.87 bits per heavy atom. The minimum atomic E-state index is -3.52. The third-order valence-corrected chi connectivity index (χ3v) is 5.31. The molecule has 0 unspecified atom stereocenters. The molecule has 0 saturated heterocycles. The third kappa shape index (κ3) is 3.25. The molecule has 2 aromatic rings. The first kappa shape index (κ1) is 15.6. The van der Waals surface area contributed by atoms with Gasteiger partial charge in [0.2, 0.25) is 15.9 Å². The van der Waals surface area contributed by atoms with Crippen LogP contribution < -0.4 is 5.32 Å². The largest absolute Gasteiger partial charge is 0.408 e. The van der Waals surface area contributed by atoms with Crippen LogP contribution in [0.5, 0.6) is 0 Å². The van der Waals surface area contributed by atoms with Gasteiger partial charge in [-0.15, -0.1) is 5.10 Å². The first-order valence-corrected chi connectivity index (χ1v) is 8.49. The maximum absolute atomic E-state index is 12.1. The Kier molecular flexibility index (Phi) is 3.90. The lowest BCUT2D eigenvalue weighted by atomic mass is 10.2. The van der Waals surface area contributed by atoms with Gasteiger partial charge in [0.25, 0.3) is 5.91 Å². The first-order valence-electron chi connectivity index (χ1n) is 7.05. The van der Waals surface area contributed by atoms with Crippen molar-refractivity contribution < 1.29 is 17.6 Å². The third-order valence-electron chi connectivity index (χ3n) is 3.48. The van der Waals surface area contributed by atoms with Crippen LogP contribution in [0.3, 0.4) is 0 Å². The lowest BCUT2D eigenvalue weighted by Crippen LogP contribution is -2.22. The van der Waals surface area contributed by atoms with Crippen molar-refractivity contribution in [2.75, 3.05) is 19.4 Å². The van der Waals surface area contributed by atoms with Crippen LogP contribution in [0.2, 0.25) is 0 Å². The number of hydrogen-bond acceptors (Lipinski definition) is 6. The minimum Gasteiger partial charge on any atom is -0.408 e. The van der Waals surface area contributed by atoms with Crippen molar-refractivity contribution in [1.29, 1.82) is 0 Å². The topological polar surface area (TPSA) is 105 Å². The van der Waals surface area contributed by atoms with Gasteiger partial charge in [-0.05, 0) is 37.1 Å². The molecule has 1 N–H and O–H groups in total. The molecule has 0 spiro atoms. The number of carbonyl (C=O) groups is 1. The molecule has 1 aliphatic carbocycles.